The summed E-state index contributed by atoms with van der Waals surface area (Å²) in [6, 6.07) is -0.785. The molecule has 0 saturated carbocycles. The van der Waals surface area contributed by atoms with Crippen LogP contribution in [0.5, 0.6) is 0 Å². The van der Waals surface area contributed by atoms with E-state index in [1.165, 1.54) is 64.2 Å². The summed E-state index contributed by atoms with van der Waals surface area (Å²) in [4.78, 5) is 38.2. The molecule has 236 valence electrons. The monoisotopic (exact) mass is 568 g/mol. The summed E-state index contributed by atoms with van der Waals surface area (Å²) in [6.45, 7) is 16.1. The molecule has 1 atom stereocenters. The minimum absolute atomic E-state index is 0.0608. The fourth-order valence-electron chi connectivity index (χ4n) is 4.53. The second-order valence-corrected chi connectivity index (χ2v) is 13.3. The number of esters is 1. The van der Waals surface area contributed by atoms with Gasteiger partial charge in [0.1, 0.15) is 11.6 Å². The number of rotatable bonds is 24. The molecule has 0 bridgehead atoms. The molecule has 2 amide bonds. The Morgan fingerprint density at radius 1 is 0.725 bits per heavy atom. The van der Waals surface area contributed by atoms with Gasteiger partial charge in [0.15, 0.2) is 0 Å². The first-order valence-corrected chi connectivity index (χ1v) is 16.2. The van der Waals surface area contributed by atoms with Crippen LogP contribution in [0.4, 0.5) is 0 Å². The number of ether oxygens (including phenoxy) is 2. The molecule has 0 fully saturated rings. The Labute approximate surface area is 246 Å². The highest BCUT2D eigenvalue weighted by atomic mass is 16.6. The second kappa shape index (κ2) is 22.0. The molecule has 0 saturated heterocycles. The predicted molar refractivity (Wildman–Crippen MR) is 165 cm³/mol. The maximum atomic E-state index is 13.2. The highest BCUT2D eigenvalue weighted by Crippen LogP contribution is 2.15. The molecule has 0 aromatic heterocycles. The molecule has 0 rings (SSSR count). The number of carbonyl (C=O) groups is 3. The van der Waals surface area contributed by atoms with Crippen molar-refractivity contribution in [1.29, 1.82) is 0 Å². The van der Waals surface area contributed by atoms with Gasteiger partial charge in [0.25, 0.3) is 0 Å². The van der Waals surface area contributed by atoms with Crippen molar-refractivity contribution in [3.63, 3.8) is 0 Å². The average Bonchev–Trinajstić information content (AvgIpc) is 2.82. The van der Waals surface area contributed by atoms with Crippen LogP contribution in [-0.2, 0) is 23.9 Å². The number of unbranched alkanes of at least 4 members (excludes halogenated alkanes) is 12. The molecule has 40 heavy (non-hydrogen) atoms. The number of hydrogen-bond donors (Lipinski definition) is 2. The second-order valence-electron chi connectivity index (χ2n) is 13.3. The SMILES string of the molecule is CCCCCCCCCCCCCCCC(=O)NC(CCC(=O)OC(C)(C)C)C(=O)NC(C)(C)CCOC(C)C. The Hall–Kier alpha value is -1.63. The zero-order valence-electron chi connectivity index (χ0n) is 27.4. The van der Waals surface area contributed by atoms with Crippen molar-refractivity contribution in [2.45, 2.75) is 188 Å². The summed E-state index contributed by atoms with van der Waals surface area (Å²) in [6.07, 6.45) is 17.7. The Morgan fingerprint density at radius 3 is 1.70 bits per heavy atom. The van der Waals surface area contributed by atoms with E-state index in [9.17, 15) is 14.4 Å². The predicted octanol–water partition coefficient (Wildman–Crippen LogP) is 7.78. The van der Waals surface area contributed by atoms with Crippen molar-refractivity contribution in [3.8, 4) is 0 Å². The average molecular weight is 569 g/mol. The van der Waals surface area contributed by atoms with Gasteiger partial charge in [0.05, 0.1) is 6.10 Å². The fraction of sp³-hybridized carbons (Fsp3) is 0.909. The van der Waals surface area contributed by atoms with Crippen molar-refractivity contribution in [2.24, 2.45) is 0 Å². The lowest BCUT2D eigenvalue weighted by Gasteiger charge is -2.29. The lowest BCUT2D eigenvalue weighted by molar-refractivity contribution is -0.155. The summed E-state index contributed by atoms with van der Waals surface area (Å²) in [5, 5.41) is 5.92. The molecule has 0 aliphatic carbocycles. The van der Waals surface area contributed by atoms with Crippen molar-refractivity contribution >= 4 is 17.8 Å². The molecule has 7 heteroatoms. The normalized spacial score (nSPS) is 12.8. The molecular formula is C33H64N2O5. The summed E-state index contributed by atoms with van der Waals surface area (Å²) < 4.78 is 11.0. The molecule has 0 aromatic rings. The molecule has 7 nitrogen and oxygen atoms in total. The van der Waals surface area contributed by atoms with E-state index < -0.39 is 17.2 Å². The van der Waals surface area contributed by atoms with Crippen LogP contribution in [0.25, 0.3) is 0 Å². The topological polar surface area (TPSA) is 93.7 Å². The van der Waals surface area contributed by atoms with Crippen molar-refractivity contribution in [2.75, 3.05) is 6.61 Å². The van der Waals surface area contributed by atoms with Crippen LogP contribution in [0.2, 0.25) is 0 Å². The van der Waals surface area contributed by atoms with Gasteiger partial charge >= 0.3 is 5.97 Å². The number of nitrogens with one attached hydrogen (secondary N) is 2. The van der Waals surface area contributed by atoms with E-state index in [2.05, 4.69) is 17.6 Å². The first-order valence-electron chi connectivity index (χ1n) is 16.2. The maximum Gasteiger partial charge on any atom is 0.306 e. The van der Waals surface area contributed by atoms with Gasteiger partial charge in [-0.25, -0.2) is 0 Å². The van der Waals surface area contributed by atoms with Gasteiger partial charge in [-0.3, -0.25) is 14.4 Å². The summed E-state index contributed by atoms with van der Waals surface area (Å²) in [5.74, 6) is -0.800. The molecular weight excluding hydrogens is 504 g/mol. The van der Waals surface area contributed by atoms with E-state index in [1.54, 1.807) is 0 Å². The van der Waals surface area contributed by atoms with E-state index in [-0.39, 0.29) is 36.7 Å². The lowest BCUT2D eigenvalue weighted by Crippen LogP contribution is -2.53. The van der Waals surface area contributed by atoms with E-state index in [0.717, 1.165) is 19.3 Å². The molecule has 0 spiro atoms. The Kier molecular flexibility index (Phi) is 21.1. The van der Waals surface area contributed by atoms with Crippen LogP contribution < -0.4 is 10.6 Å². The third-order valence-electron chi connectivity index (χ3n) is 6.86. The van der Waals surface area contributed by atoms with Crippen LogP contribution >= 0.6 is 0 Å². The summed E-state index contributed by atoms with van der Waals surface area (Å²) in [5.41, 5.74) is -1.10. The fourth-order valence-corrected chi connectivity index (χ4v) is 4.53. The molecule has 0 aliphatic rings. The number of hydrogen-bond acceptors (Lipinski definition) is 5. The maximum absolute atomic E-state index is 13.2. The summed E-state index contributed by atoms with van der Waals surface area (Å²) in [7, 11) is 0. The molecule has 0 radical (unpaired) electrons. The van der Waals surface area contributed by atoms with Gasteiger partial charge in [-0.05, 0) is 67.7 Å². The van der Waals surface area contributed by atoms with E-state index in [0.29, 0.717) is 19.4 Å². The third-order valence-corrected chi connectivity index (χ3v) is 6.86. The first kappa shape index (κ1) is 38.4. The smallest absolute Gasteiger partial charge is 0.306 e. The Bertz CT molecular complexity index is 685. The zero-order valence-corrected chi connectivity index (χ0v) is 27.4. The van der Waals surface area contributed by atoms with Gasteiger partial charge < -0.3 is 20.1 Å². The standard InChI is InChI=1S/C33H64N2O5/c1-9-10-11-12-13-14-15-16-17-18-19-20-21-22-29(36)34-28(23-24-30(37)40-32(4,5)6)31(38)35-33(7,8)25-26-39-27(2)3/h27-28H,9-26H2,1-8H3,(H,34,36)(H,35,38). The van der Waals surface area contributed by atoms with Gasteiger partial charge in [0, 0.05) is 25.0 Å². The zero-order chi connectivity index (χ0) is 30.4. The van der Waals surface area contributed by atoms with Crippen molar-refractivity contribution in [1.82, 2.24) is 10.6 Å². The number of carbonyl (C=O) groups excluding carboxylic acids is 3. The van der Waals surface area contributed by atoms with Crippen LogP contribution in [0.3, 0.4) is 0 Å². The molecule has 0 heterocycles. The summed E-state index contributed by atoms with van der Waals surface area (Å²) >= 11 is 0. The molecule has 1 unspecified atom stereocenters. The largest absolute Gasteiger partial charge is 0.460 e. The Balaban J connectivity index is 4.52. The van der Waals surface area contributed by atoms with Crippen molar-refractivity contribution in [3.05, 3.63) is 0 Å². The minimum atomic E-state index is -0.785. The third kappa shape index (κ3) is 24.2. The van der Waals surface area contributed by atoms with Crippen LogP contribution in [-0.4, -0.2) is 47.7 Å². The molecule has 2 N–H and O–H groups in total. The Morgan fingerprint density at radius 2 is 1.23 bits per heavy atom. The van der Waals surface area contributed by atoms with Gasteiger partial charge in [-0.15, -0.1) is 0 Å². The molecule has 0 aromatic carbocycles. The van der Waals surface area contributed by atoms with Gasteiger partial charge in [0.2, 0.25) is 11.8 Å². The lowest BCUT2D eigenvalue weighted by atomic mass is 9.99. The van der Waals surface area contributed by atoms with Crippen LogP contribution in [0, 0.1) is 0 Å². The highest BCUT2D eigenvalue weighted by Gasteiger charge is 2.28. The first-order chi connectivity index (χ1) is 18.8. The van der Waals surface area contributed by atoms with E-state index in [1.807, 2.05) is 48.5 Å². The van der Waals surface area contributed by atoms with Crippen LogP contribution in [0.15, 0.2) is 0 Å². The van der Waals surface area contributed by atoms with Gasteiger partial charge in [-0.2, -0.15) is 0 Å². The van der Waals surface area contributed by atoms with E-state index in [4.69, 9.17) is 9.47 Å². The molecule has 0 aliphatic heterocycles. The number of amides is 2. The quantitative estimate of drug-likeness (QED) is 0.0916. The van der Waals surface area contributed by atoms with Crippen LogP contribution in [0.1, 0.15) is 165 Å². The highest BCUT2D eigenvalue weighted by molar-refractivity contribution is 5.88. The van der Waals surface area contributed by atoms with E-state index >= 15 is 0 Å². The van der Waals surface area contributed by atoms with Crippen molar-refractivity contribution < 1.29 is 23.9 Å². The van der Waals surface area contributed by atoms with Gasteiger partial charge in [-0.1, -0.05) is 84.0 Å². The minimum Gasteiger partial charge on any atom is -0.460 e.